The van der Waals surface area contributed by atoms with E-state index in [9.17, 15) is 9.59 Å². The summed E-state index contributed by atoms with van der Waals surface area (Å²) >= 11 is 0. The van der Waals surface area contributed by atoms with Gasteiger partial charge in [-0.25, -0.2) is 0 Å². The molecule has 4 heteroatoms. The first-order chi connectivity index (χ1) is 8.77. The normalized spacial score (nSPS) is 33.3. The highest BCUT2D eigenvalue weighted by Gasteiger charge is 2.51. The molecule has 0 heterocycles. The number of carbonyl (C=O) groups excluding carboxylic acids is 2. The molecule has 0 N–H and O–H groups in total. The highest BCUT2D eigenvalue weighted by Crippen LogP contribution is 2.52. The lowest BCUT2D eigenvalue weighted by Crippen LogP contribution is -2.42. The molecule has 19 heavy (non-hydrogen) atoms. The Bertz CT molecular complexity index is 388. The number of hydrogen-bond acceptors (Lipinski definition) is 4. The molecular formula is C15H24O4. The van der Waals surface area contributed by atoms with Crippen LogP contribution in [-0.4, -0.2) is 24.6 Å². The molecule has 0 aromatic heterocycles. The quantitative estimate of drug-likeness (QED) is 0.736. The van der Waals surface area contributed by atoms with Gasteiger partial charge in [0, 0.05) is 0 Å². The van der Waals surface area contributed by atoms with E-state index in [2.05, 4.69) is 4.74 Å². The Morgan fingerprint density at radius 3 is 2.47 bits per heavy atom. The van der Waals surface area contributed by atoms with Crippen LogP contribution in [0.5, 0.6) is 0 Å². The van der Waals surface area contributed by atoms with Crippen LogP contribution in [0.4, 0.5) is 0 Å². The molecule has 2 aliphatic carbocycles. The molecule has 3 unspecified atom stereocenters. The van der Waals surface area contributed by atoms with Crippen molar-refractivity contribution in [1.82, 2.24) is 0 Å². The summed E-state index contributed by atoms with van der Waals surface area (Å²) in [5.74, 6) is 0.551. The molecule has 0 radical (unpaired) electrons. The van der Waals surface area contributed by atoms with Crippen molar-refractivity contribution in [2.24, 2.45) is 17.3 Å². The second-order valence-electron chi connectivity index (χ2n) is 6.92. The summed E-state index contributed by atoms with van der Waals surface area (Å²) in [5.41, 5.74) is -1.15. The number of esters is 2. The number of carbonyl (C=O) groups is 2. The van der Waals surface area contributed by atoms with Gasteiger partial charge in [-0.15, -0.1) is 0 Å². The molecule has 2 rings (SSSR count). The molecule has 2 bridgehead atoms. The molecule has 0 spiro atoms. The number of hydrogen-bond donors (Lipinski definition) is 0. The third-order valence-electron chi connectivity index (χ3n) is 4.79. The Hall–Kier alpha value is -1.06. The van der Waals surface area contributed by atoms with Gasteiger partial charge < -0.3 is 9.47 Å². The smallest absolute Gasteiger partial charge is 0.312 e. The van der Waals surface area contributed by atoms with Crippen molar-refractivity contribution < 1.29 is 19.1 Å². The molecule has 0 saturated heterocycles. The first-order valence-corrected chi connectivity index (χ1v) is 7.07. The molecule has 2 saturated carbocycles. The summed E-state index contributed by atoms with van der Waals surface area (Å²) < 4.78 is 10.4. The maximum absolute atomic E-state index is 12.3. The van der Waals surface area contributed by atoms with E-state index in [4.69, 9.17) is 4.74 Å². The van der Waals surface area contributed by atoms with Crippen LogP contribution in [0.1, 0.15) is 52.9 Å². The third kappa shape index (κ3) is 2.77. The number of fused-ring (bicyclic) bond motifs is 2. The van der Waals surface area contributed by atoms with Gasteiger partial charge >= 0.3 is 11.9 Å². The number of ether oxygens (including phenoxy) is 2. The lowest BCUT2D eigenvalue weighted by atomic mass is 9.84. The number of methoxy groups -OCH3 is 1. The SMILES string of the molecule is COC(=O)CC(C)(C)C(=O)OC1(C)CC2CCC1C2. The van der Waals surface area contributed by atoms with Gasteiger partial charge in [-0.1, -0.05) is 0 Å². The first-order valence-electron chi connectivity index (χ1n) is 7.07. The van der Waals surface area contributed by atoms with Gasteiger partial charge in [-0.2, -0.15) is 0 Å². The van der Waals surface area contributed by atoms with Gasteiger partial charge in [0.15, 0.2) is 0 Å². The zero-order valence-electron chi connectivity index (χ0n) is 12.3. The van der Waals surface area contributed by atoms with Crippen molar-refractivity contribution in [1.29, 1.82) is 0 Å². The summed E-state index contributed by atoms with van der Waals surface area (Å²) in [6.07, 6.45) is 4.64. The van der Waals surface area contributed by atoms with Crippen LogP contribution in [0.3, 0.4) is 0 Å². The van der Waals surface area contributed by atoms with Crippen LogP contribution >= 0.6 is 0 Å². The average molecular weight is 268 g/mol. The van der Waals surface area contributed by atoms with E-state index < -0.39 is 5.41 Å². The average Bonchev–Trinajstić information content (AvgIpc) is 2.87. The largest absolute Gasteiger partial charge is 0.469 e. The molecule has 4 nitrogen and oxygen atoms in total. The molecule has 0 aromatic rings. The van der Waals surface area contributed by atoms with Crippen molar-refractivity contribution in [2.45, 2.75) is 58.5 Å². The lowest BCUT2D eigenvalue weighted by Gasteiger charge is -2.36. The van der Waals surface area contributed by atoms with Crippen LogP contribution in [0.2, 0.25) is 0 Å². The van der Waals surface area contributed by atoms with Crippen LogP contribution in [0.15, 0.2) is 0 Å². The highest BCUT2D eigenvalue weighted by atomic mass is 16.6. The first kappa shape index (κ1) is 14.4. The topological polar surface area (TPSA) is 52.6 Å². The Balaban J connectivity index is 1.99. The monoisotopic (exact) mass is 268 g/mol. The van der Waals surface area contributed by atoms with Gasteiger partial charge in [0.25, 0.3) is 0 Å². The summed E-state index contributed by atoms with van der Waals surface area (Å²) in [4.78, 5) is 23.7. The van der Waals surface area contributed by atoms with Gasteiger partial charge in [-0.05, 0) is 58.3 Å². The van der Waals surface area contributed by atoms with E-state index in [-0.39, 0.29) is 24.0 Å². The van der Waals surface area contributed by atoms with Crippen molar-refractivity contribution in [3.8, 4) is 0 Å². The Labute approximate surface area is 114 Å². The molecule has 108 valence electrons. The lowest BCUT2D eigenvalue weighted by molar-refractivity contribution is -0.177. The van der Waals surface area contributed by atoms with E-state index in [1.807, 2.05) is 6.92 Å². The van der Waals surface area contributed by atoms with E-state index in [0.717, 1.165) is 12.8 Å². The maximum atomic E-state index is 12.3. The van der Waals surface area contributed by atoms with E-state index in [0.29, 0.717) is 11.8 Å². The van der Waals surface area contributed by atoms with Crippen molar-refractivity contribution in [2.75, 3.05) is 7.11 Å². The number of rotatable bonds is 4. The predicted octanol–water partition coefficient (Wildman–Crippen LogP) is 2.70. The van der Waals surface area contributed by atoms with E-state index in [1.165, 1.54) is 20.0 Å². The van der Waals surface area contributed by atoms with Crippen LogP contribution < -0.4 is 0 Å². The summed E-state index contributed by atoms with van der Waals surface area (Å²) in [6, 6.07) is 0. The molecule has 0 amide bonds. The molecule has 0 aliphatic heterocycles. The van der Waals surface area contributed by atoms with Gasteiger partial charge in [-0.3, -0.25) is 9.59 Å². The molecule has 2 aliphatic rings. The van der Waals surface area contributed by atoms with E-state index >= 15 is 0 Å². The minimum Gasteiger partial charge on any atom is -0.469 e. The molecule has 3 atom stereocenters. The Kier molecular flexibility index (Phi) is 3.63. The standard InChI is InChI=1S/C15H24O4/c1-14(2,9-12(16)18-4)13(17)19-15(3)8-10-5-6-11(15)7-10/h10-11H,5-9H2,1-4H3. The molecular weight excluding hydrogens is 244 g/mol. The Morgan fingerprint density at radius 1 is 1.32 bits per heavy atom. The summed E-state index contributed by atoms with van der Waals surface area (Å²) in [5, 5.41) is 0. The maximum Gasteiger partial charge on any atom is 0.312 e. The summed E-state index contributed by atoms with van der Waals surface area (Å²) in [6.45, 7) is 5.52. The van der Waals surface area contributed by atoms with Crippen molar-refractivity contribution in [3.05, 3.63) is 0 Å². The van der Waals surface area contributed by atoms with Crippen LogP contribution in [0, 0.1) is 17.3 Å². The van der Waals surface area contributed by atoms with Crippen molar-refractivity contribution in [3.63, 3.8) is 0 Å². The molecule has 2 fully saturated rings. The molecule has 0 aromatic carbocycles. The zero-order valence-corrected chi connectivity index (χ0v) is 12.3. The van der Waals surface area contributed by atoms with Gasteiger partial charge in [0.2, 0.25) is 0 Å². The van der Waals surface area contributed by atoms with Crippen molar-refractivity contribution >= 4 is 11.9 Å². The fourth-order valence-electron chi connectivity index (χ4n) is 3.53. The van der Waals surface area contributed by atoms with Gasteiger partial charge in [0.1, 0.15) is 5.60 Å². The minimum atomic E-state index is -0.821. The second kappa shape index (κ2) is 4.80. The second-order valence-corrected chi connectivity index (χ2v) is 6.92. The highest BCUT2D eigenvalue weighted by molar-refractivity contribution is 5.83. The van der Waals surface area contributed by atoms with Gasteiger partial charge in [0.05, 0.1) is 18.9 Å². The van der Waals surface area contributed by atoms with Crippen LogP contribution in [-0.2, 0) is 19.1 Å². The third-order valence-corrected chi connectivity index (χ3v) is 4.79. The zero-order chi connectivity index (χ0) is 14.3. The van der Waals surface area contributed by atoms with E-state index in [1.54, 1.807) is 13.8 Å². The van der Waals surface area contributed by atoms with Crippen LogP contribution in [0.25, 0.3) is 0 Å². The minimum absolute atomic E-state index is 0.0620. The predicted molar refractivity (Wildman–Crippen MR) is 70.4 cm³/mol. The fourth-order valence-corrected chi connectivity index (χ4v) is 3.53. The fraction of sp³-hybridized carbons (Fsp3) is 0.867. The summed E-state index contributed by atoms with van der Waals surface area (Å²) in [7, 11) is 1.33. The Morgan fingerprint density at radius 2 is 2.00 bits per heavy atom.